The molecule has 4 nitrogen and oxygen atoms in total. The largest absolute Gasteiger partial charge is 0.394 e. The van der Waals surface area contributed by atoms with Gasteiger partial charge < -0.3 is 10.8 Å². The van der Waals surface area contributed by atoms with E-state index in [-0.39, 0.29) is 5.75 Å². The maximum atomic E-state index is 13.2. The van der Waals surface area contributed by atoms with E-state index in [0.29, 0.717) is 5.56 Å². The van der Waals surface area contributed by atoms with Gasteiger partial charge in [0.25, 0.3) is 0 Å². The van der Waals surface area contributed by atoms with E-state index >= 15 is 0 Å². The van der Waals surface area contributed by atoms with Crippen LogP contribution in [0.1, 0.15) is 18.4 Å². The Morgan fingerprint density at radius 1 is 1.50 bits per heavy atom. The highest BCUT2D eigenvalue weighted by Gasteiger charge is 2.68. The van der Waals surface area contributed by atoms with Crippen molar-refractivity contribution >= 4 is 9.84 Å². The van der Waals surface area contributed by atoms with Crippen LogP contribution < -0.4 is 5.73 Å². The van der Waals surface area contributed by atoms with Crippen LogP contribution in [0.15, 0.2) is 24.3 Å². The lowest BCUT2D eigenvalue weighted by Gasteiger charge is -2.07. The quantitative estimate of drug-likeness (QED) is 0.833. The molecule has 0 amide bonds. The van der Waals surface area contributed by atoms with E-state index in [4.69, 9.17) is 5.73 Å². The molecular formula is C12H16FNO3S. The molecular weight excluding hydrogens is 257 g/mol. The number of sulfone groups is 1. The van der Waals surface area contributed by atoms with Crippen LogP contribution in [-0.2, 0) is 9.84 Å². The Hall–Kier alpha value is -0.980. The molecule has 100 valence electrons. The van der Waals surface area contributed by atoms with Crippen LogP contribution in [0.4, 0.5) is 4.39 Å². The molecule has 0 bridgehead atoms. The van der Waals surface area contributed by atoms with Crippen molar-refractivity contribution in [1.29, 1.82) is 0 Å². The highest BCUT2D eigenvalue weighted by Crippen LogP contribution is 2.54. The number of aliphatic hydroxyl groups is 1. The lowest BCUT2D eigenvalue weighted by molar-refractivity contribution is 0.253. The third kappa shape index (κ3) is 1.94. The Balaban J connectivity index is 2.40. The Morgan fingerprint density at radius 2 is 2.17 bits per heavy atom. The van der Waals surface area contributed by atoms with Crippen LogP contribution in [0, 0.1) is 5.82 Å². The summed E-state index contributed by atoms with van der Waals surface area (Å²) in [6.07, 6.45) is 0. The summed E-state index contributed by atoms with van der Waals surface area (Å²) in [6.45, 7) is 1.10. The maximum Gasteiger partial charge on any atom is 0.155 e. The summed E-state index contributed by atoms with van der Waals surface area (Å²) in [5.74, 6) is -1.02. The molecule has 18 heavy (non-hydrogen) atoms. The third-order valence-corrected chi connectivity index (χ3v) is 5.86. The smallest absolute Gasteiger partial charge is 0.155 e. The van der Waals surface area contributed by atoms with Gasteiger partial charge in [-0.3, -0.25) is 0 Å². The first-order chi connectivity index (χ1) is 8.36. The summed E-state index contributed by atoms with van der Waals surface area (Å²) < 4.78 is 37.0. The van der Waals surface area contributed by atoms with Gasteiger partial charge in [0, 0.05) is 11.7 Å². The number of halogens is 1. The van der Waals surface area contributed by atoms with Gasteiger partial charge in [0.1, 0.15) is 5.82 Å². The average molecular weight is 273 g/mol. The van der Waals surface area contributed by atoms with Crippen LogP contribution in [-0.4, -0.2) is 36.7 Å². The fourth-order valence-electron chi connectivity index (χ4n) is 2.52. The SMILES string of the molecule is CCS(=O)(=O)C1C(c2cccc(F)c2)C1(N)CO. The Bertz CT molecular complexity index is 560. The van der Waals surface area contributed by atoms with Crippen molar-refractivity contribution in [3.8, 4) is 0 Å². The predicted octanol–water partition coefficient (Wildman–Crippen LogP) is 0.416. The molecule has 0 spiro atoms. The minimum Gasteiger partial charge on any atom is -0.394 e. The molecule has 6 heteroatoms. The number of rotatable bonds is 4. The first-order valence-electron chi connectivity index (χ1n) is 5.73. The molecule has 1 aromatic carbocycles. The molecule has 0 heterocycles. The van der Waals surface area contributed by atoms with E-state index in [2.05, 4.69) is 0 Å². The van der Waals surface area contributed by atoms with E-state index in [1.165, 1.54) is 25.1 Å². The second-order valence-corrected chi connectivity index (χ2v) is 7.09. The summed E-state index contributed by atoms with van der Waals surface area (Å²) >= 11 is 0. The average Bonchev–Trinajstić information content (AvgIpc) is 2.98. The summed E-state index contributed by atoms with van der Waals surface area (Å²) in [6, 6.07) is 5.70. The monoisotopic (exact) mass is 273 g/mol. The Kier molecular flexibility index (Phi) is 3.21. The zero-order valence-corrected chi connectivity index (χ0v) is 10.8. The molecule has 1 aliphatic rings. The van der Waals surface area contributed by atoms with Gasteiger partial charge in [-0.05, 0) is 17.7 Å². The van der Waals surface area contributed by atoms with Gasteiger partial charge in [0.15, 0.2) is 9.84 Å². The lowest BCUT2D eigenvalue weighted by atomic mass is 10.1. The van der Waals surface area contributed by atoms with Crippen molar-refractivity contribution in [2.45, 2.75) is 23.6 Å². The molecule has 0 radical (unpaired) electrons. The van der Waals surface area contributed by atoms with Crippen LogP contribution in [0.3, 0.4) is 0 Å². The minimum absolute atomic E-state index is 0.0393. The van der Waals surface area contributed by atoms with Gasteiger partial charge >= 0.3 is 0 Å². The van der Waals surface area contributed by atoms with E-state index in [1.807, 2.05) is 0 Å². The fourth-order valence-corrected chi connectivity index (χ4v) is 4.51. The van der Waals surface area contributed by atoms with Crippen molar-refractivity contribution in [2.24, 2.45) is 5.73 Å². The summed E-state index contributed by atoms with van der Waals surface area (Å²) in [5, 5.41) is 8.48. The lowest BCUT2D eigenvalue weighted by Crippen LogP contribution is -2.35. The highest BCUT2D eigenvalue weighted by atomic mass is 32.2. The minimum atomic E-state index is -3.36. The van der Waals surface area contributed by atoms with Gasteiger partial charge in [-0.1, -0.05) is 19.1 Å². The van der Waals surface area contributed by atoms with Gasteiger partial charge in [-0.2, -0.15) is 0 Å². The molecule has 1 saturated carbocycles. The summed E-state index contributed by atoms with van der Waals surface area (Å²) in [7, 11) is -3.36. The predicted molar refractivity (Wildman–Crippen MR) is 66.4 cm³/mol. The van der Waals surface area contributed by atoms with Crippen LogP contribution in [0.25, 0.3) is 0 Å². The van der Waals surface area contributed by atoms with E-state index < -0.39 is 39.0 Å². The summed E-state index contributed by atoms with van der Waals surface area (Å²) in [4.78, 5) is 0. The molecule has 0 saturated heterocycles. The molecule has 1 aliphatic carbocycles. The molecule has 3 unspecified atom stereocenters. The van der Waals surface area contributed by atoms with Gasteiger partial charge in [0.2, 0.25) is 0 Å². The molecule has 1 fully saturated rings. The number of benzene rings is 1. The number of hydrogen-bond donors (Lipinski definition) is 2. The molecule has 0 aliphatic heterocycles. The molecule has 3 N–H and O–H groups in total. The first-order valence-corrected chi connectivity index (χ1v) is 7.45. The normalized spacial score (nSPS) is 31.3. The van der Waals surface area contributed by atoms with Crippen LogP contribution in [0.2, 0.25) is 0 Å². The van der Waals surface area contributed by atoms with Crippen molar-refractivity contribution in [3.05, 3.63) is 35.6 Å². The van der Waals surface area contributed by atoms with Crippen LogP contribution in [0.5, 0.6) is 0 Å². The van der Waals surface area contributed by atoms with Crippen molar-refractivity contribution in [1.82, 2.24) is 0 Å². The van der Waals surface area contributed by atoms with Crippen molar-refractivity contribution in [3.63, 3.8) is 0 Å². The Labute approximate surface area is 106 Å². The first kappa shape index (κ1) is 13.5. The maximum absolute atomic E-state index is 13.2. The zero-order chi connectivity index (χ0) is 13.6. The second kappa shape index (κ2) is 4.29. The van der Waals surface area contributed by atoms with Gasteiger partial charge in [0.05, 0.1) is 17.4 Å². The van der Waals surface area contributed by atoms with Crippen LogP contribution >= 0.6 is 0 Å². The number of aliphatic hydroxyl groups excluding tert-OH is 1. The fraction of sp³-hybridized carbons (Fsp3) is 0.500. The third-order valence-electron chi connectivity index (χ3n) is 3.57. The van der Waals surface area contributed by atoms with Gasteiger partial charge in [-0.25, -0.2) is 12.8 Å². The van der Waals surface area contributed by atoms with Crippen molar-refractivity contribution < 1.29 is 17.9 Å². The van der Waals surface area contributed by atoms with E-state index in [0.717, 1.165) is 0 Å². The van der Waals surface area contributed by atoms with Crippen molar-refractivity contribution in [2.75, 3.05) is 12.4 Å². The highest BCUT2D eigenvalue weighted by molar-refractivity contribution is 7.92. The standard InChI is InChI=1S/C12H16FNO3S/c1-2-18(16,17)11-10(12(11,14)7-15)8-4-3-5-9(13)6-8/h3-6,10-11,15H,2,7,14H2,1H3. The Morgan fingerprint density at radius 3 is 2.67 bits per heavy atom. The van der Waals surface area contributed by atoms with E-state index in [9.17, 15) is 17.9 Å². The van der Waals surface area contributed by atoms with Gasteiger partial charge in [-0.15, -0.1) is 0 Å². The molecule has 3 atom stereocenters. The van der Waals surface area contributed by atoms with E-state index in [1.54, 1.807) is 6.07 Å². The zero-order valence-electron chi connectivity index (χ0n) is 10.0. The number of nitrogens with two attached hydrogens (primary N) is 1. The molecule has 0 aromatic heterocycles. The summed E-state index contributed by atoms with van der Waals surface area (Å²) in [5.41, 5.74) is 5.26. The molecule has 1 aromatic rings. The molecule has 2 rings (SSSR count). The topological polar surface area (TPSA) is 80.4 Å². The second-order valence-electron chi connectivity index (χ2n) is 4.68. The number of hydrogen-bond acceptors (Lipinski definition) is 4.